The first kappa shape index (κ1) is 51.3. The molecule has 5 rings (SSSR count). The van der Waals surface area contributed by atoms with E-state index in [-0.39, 0.29) is 36.5 Å². The van der Waals surface area contributed by atoms with Crippen LogP contribution in [0.4, 0.5) is 9.59 Å². The lowest BCUT2D eigenvalue weighted by Crippen LogP contribution is -2.64. The molecule has 0 radical (unpaired) electrons. The van der Waals surface area contributed by atoms with Gasteiger partial charge >= 0.3 is 18.1 Å². The Bertz CT molecular complexity index is 1650. The van der Waals surface area contributed by atoms with Gasteiger partial charge in [-0.3, -0.25) is 9.59 Å². The normalized spacial score (nSPS) is 40.4. The number of carbonyl (C=O) groups is 4. The summed E-state index contributed by atoms with van der Waals surface area (Å²) in [6.45, 7) is 23.2. The Morgan fingerprint density at radius 1 is 0.889 bits per heavy atom. The number of carboxylic acid groups (broad SMARTS) is 1. The molecule has 4 saturated heterocycles. The number of rotatable bonds is 15. The Labute approximate surface area is 375 Å². The van der Waals surface area contributed by atoms with Gasteiger partial charge in [-0.05, 0) is 109 Å². The molecule has 15 heteroatoms. The van der Waals surface area contributed by atoms with Gasteiger partial charge in [-0.25, -0.2) is 14.5 Å². The summed E-state index contributed by atoms with van der Waals surface area (Å²) in [7, 11) is 0. The second-order valence-electron chi connectivity index (χ2n) is 19.9. The van der Waals surface area contributed by atoms with Gasteiger partial charge < -0.3 is 49.1 Å². The second kappa shape index (κ2) is 20.5. The zero-order chi connectivity index (χ0) is 46.8. The van der Waals surface area contributed by atoms with E-state index >= 15 is 0 Å². The first-order chi connectivity index (χ1) is 29.6. The summed E-state index contributed by atoms with van der Waals surface area (Å²) in [5.41, 5.74) is -1.87. The van der Waals surface area contributed by atoms with Gasteiger partial charge in [0.15, 0.2) is 11.9 Å². The number of urea groups is 1. The van der Waals surface area contributed by atoms with Crippen molar-refractivity contribution in [2.24, 2.45) is 41.4 Å². The number of nitrogens with zero attached hydrogens (tertiary/aromatic N) is 1. The highest BCUT2D eigenvalue weighted by atomic mass is 16.8. The molecule has 4 fully saturated rings. The van der Waals surface area contributed by atoms with Crippen LogP contribution < -0.4 is 5.32 Å². The standard InChI is InChI=1S/C48H80N2O13/c1-13-33(42(53)54)35-19-18-27(6)40(59-35)31(10)38(51)30(9)39(52)34(14-2)41-28(7)26-29(8)47(61-41)23-21-37(60-44(56)50(17-5)43(55)49-16-4)48(63-47)25-24-45(12,62-48)36-20-22-46(57,15-3)32(11)58-36/h21,23,27-38,40-41,51,57H,13-20,22,24-26H2,1-12H3,(H,49,55)(H,53,54)/t27-,28-,29+,30-,31-,32-,33+,34-,35+,36+,37-,38+,40+,41-,45-,46+,47-,48-/m0/s1. The van der Waals surface area contributed by atoms with Crippen molar-refractivity contribution in [1.82, 2.24) is 10.2 Å². The molecular formula is C48H80N2O13. The van der Waals surface area contributed by atoms with E-state index in [4.69, 9.17) is 28.4 Å². The fourth-order valence-corrected chi connectivity index (χ4v) is 11.4. The van der Waals surface area contributed by atoms with Gasteiger partial charge in [0.05, 0.1) is 53.7 Å². The zero-order valence-electron chi connectivity index (χ0n) is 40.1. The monoisotopic (exact) mass is 893 g/mol. The van der Waals surface area contributed by atoms with Gasteiger partial charge in [0, 0.05) is 43.2 Å². The van der Waals surface area contributed by atoms with Crippen molar-refractivity contribution in [2.75, 3.05) is 13.1 Å². The van der Waals surface area contributed by atoms with Crippen LogP contribution in [0.2, 0.25) is 0 Å². The van der Waals surface area contributed by atoms with E-state index in [9.17, 15) is 34.5 Å². The Morgan fingerprint density at radius 3 is 2.16 bits per heavy atom. The topological polar surface area (TPSA) is 200 Å². The molecule has 3 amide bonds. The molecule has 5 aliphatic rings. The minimum Gasteiger partial charge on any atom is -0.481 e. The van der Waals surface area contributed by atoms with Crippen LogP contribution in [-0.4, -0.2) is 123 Å². The summed E-state index contributed by atoms with van der Waals surface area (Å²) in [6.07, 6.45) is 3.41. The Balaban J connectivity index is 1.42. The number of aliphatic carboxylic acids is 1. The number of ketones is 1. The van der Waals surface area contributed by atoms with Crippen molar-refractivity contribution in [1.29, 1.82) is 0 Å². The number of imide groups is 1. The molecule has 15 nitrogen and oxygen atoms in total. The number of hydrogen-bond acceptors (Lipinski definition) is 12. The van der Waals surface area contributed by atoms with E-state index < -0.39 is 107 Å². The number of carbonyl (C=O) groups excluding carboxylic acids is 3. The van der Waals surface area contributed by atoms with E-state index in [1.54, 1.807) is 32.9 Å². The third-order valence-electron chi connectivity index (χ3n) is 15.8. The highest BCUT2D eigenvalue weighted by Gasteiger charge is 2.64. The summed E-state index contributed by atoms with van der Waals surface area (Å²) in [5, 5.41) is 35.6. The lowest BCUT2D eigenvalue weighted by molar-refractivity contribution is -0.408. The van der Waals surface area contributed by atoms with Crippen molar-refractivity contribution in [3.05, 3.63) is 12.2 Å². The van der Waals surface area contributed by atoms with E-state index in [0.717, 1.165) is 11.3 Å². The van der Waals surface area contributed by atoms with Crippen LogP contribution in [0, 0.1) is 41.4 Å². The molecule has 63 heavy (non-hydrogen) atoms. The van der Waals surface area contributed by atoms with E-state index in [2.05, 4.69) is 19.2 Å². The van der Waals surface area contributed by atoms with Crippen LogP contribution in [-0.2, 0) is 38.0 Å². The minimum atomic E-state index is -1.57. The maximum Gasteiger partial charge on any atom is 0.418 e. The third kappa shape index (κ3) is 10.2. The maximum atomic E-state index is 14.7. The number of hydrogen-bond donors (Lipinski definition) is 4. The summed E-state index contributed by atoms with van der Waals surface area (Å²) < 4.78 is 40.4. The molecule has 2 spiro atoms. The maximum absolute atomic E-state index is 14.7. The molecular weight excluding hydrogens is 813 g/mol. The Morgan fingerprint density at radius 2 is 1.57 bits per heavy atom. The van der Waals surface area contributed by atoms with Crippen LogP contribution >= 0.6 is 0 Å². The van der Waals surface area contributed by atoms with Gasteiger partial charge in [-0.2, -0.15) is 0 Å². The van der Waals surface area contributed by atoms with E-state index in [0.29, 0.717) is 57.9 Å². The fraction of sp³-hybridized carbons (Fsp3) is 0.875. The molecule has 360 valence electrons. The lowest BCUT2D eigenvalue weighted by Gasteiger charge is -2.54. The molecule has 0 unspecified atom stereocenters. The van der Waals surface area contributed by atoms with E-state index in [1.807, 2.05) is 48.5 Å². The molecule has 4 N–H and O–H groups in total. The number of ether oxygens (including phenoxy) is 6. The van der Waals surface area contributed by atoms with Gasteiger partial charge in [0.2, 0.25) is 5.79 Å². The molecule has 0 aromatic heterocycles. The van der Waals surface area contributed by atoms with Crippen molar-refractivity contribution in [2.45, 2.75) is 213 Å². The summed E-state index contributed by atoms with van der Waals surface area (Å²) in [4.78, 5) is 54.3. The Hall–Kier alpha value is -2.66. The summed E-state index contributed by atoms with van der Waals surface area (Å²) >= 11 is 0. The Kier molecular flexibility index (Phi) is 16.7. The number of aliphatic hydroxyl groups is 2. The molecule has 5 aliphatic heterocycles. The molecule has 0 aliphatic carbocycles. The first-order valence-electron chi connectivity index (χ1n) is 24.1. The summed E-state index contributed by atoms with van der Waals surface area (Å²) in [5.74, 6) is -6.71. The van der Waals surface area contributed by atoms with Crippen LogP contribution in [0.5, 0.6) is 0 Å². The van der Waals surface area contributed by atoms with Crippen LogP contribution in [0.15, 0.2) is 12.2 Å². The number of carboxylic acids is 1. The van der Waals surface area contributed by atoms with Gasteiger partial charge in [-0.1, -0.05) is 55.4 Å². The first-order valence-corrected chi connectivity index (χ1v) is 24.1. The average molecular weight is 893 g/mol. The molecule has 0 aromatic carbocycles. The summed E-state index contributed by atoms with van der Waals surface area (Å²) in [6, 6.07) is -0.584. The lowest BCUT2D eigenvalue weighted by atomic mass is 9.72. The second-order valence-corrected chi connectivity index (χ2v) is 19.9. The van der Waals surface area contributed by atoms with E-state index in [1.165, 1.54) is 0 Å². The average Bonchev–Trinajstić information content (AvgIpc) is 3.58. The van der Waals surface area contributed by atoms with Crippen molar-refractivity contribution >= 4 is 23.9 Å². The SMILES string of the molecule is CCNC(=O)N(CC)C(=O)O[C@H]1C=C[C@]2(O[C@H]([C@@H](CC)C(=O)[C@@H](C)[C@@H](O)[C@H](C)[C@@H]3O[C@@H]([C@@H](CC)C(=O)O)CC[C@@H]3C)[C@@H](C)C[C@H]2C)O[C@@]12CC[C@@](C)([C@H]1CC[C@](O)(CC)[C@H](C)O1)O2. The smallest absolute Gasteiger partial charge is 0.418 e. The third-order valence-corrected chi connectivity index (χ3v) is 15.8. The quantitative estimate of drug-likeness (QED) is 0.119. The molecule has 18 atom stereocenters. The number of amides is 3. The molecule has 0 aromatic rings. The molecule has 5 heterocycles. The fourth-order valence-electron chi connectivity index (χ4n) is 11.4. The van der Waals surface area contributed by atoms with Crippen LogP contribution in [0.25, 0.3) is 0 Å². The minimum absolute atomic E-state index is 0.0704. The highest BCUT2D eigenvalue weighted by Crippen LogP contribution is 2.55. The van der Waals surface area contributed by atoms with Gasteiger partial charge in [0.25, 0.3) is 0 Å². The van der Waals surface area contributed by atoms with Crippen LogP contribution in [0.1, 0.15) is 147 Å². The number of nitrogens with one attached hydrogen (secondary N) is 1. The number of aliphatic hydroxyl groups excluding tert-OH is 1. The zero-order valence-corrected chi connectivity index (χ0v) is 40.1. The molecule has 0 bridgehead atoms. The molecule has 0 saturated carbocycles. The van der Waals surface area contributed by atoms with Crippen molar-refractivity contribution < 1.29 is 62.9 Å². The van der Waals surface area contributed by atoms with Crippen LogP contribution in [0.3, 0.4) is 0 Å². The predicted molar refractivity (Wildman–Crippen MR) is 234 cm³/mol. The largest absolute Gasteiger partial charge is 0.481 e. The van der Waals surface area contributed by atoms with Gasteiger partial charge in [0.1, 0.15) is 5.78 Å². The van der Waals surface area contributed by atoms with Gasteiger partial charge in [-0.15, -0.1) is 0 Å². The van der Waals surface area contributed by atoms with Crippen molar-refractivity contribution in [3.63, 3.8) is 0 Å². The highest BCUT2D eigenvalue weighted by molar-refractivity contribution is 5.91. The van der Waals surface area contributed by atoms with Crippen molar-refractivity contribution in [3.8, 4) is 0 Å². The number of Topliss-reactive ketones (excluding diaryl/α,β-unsaturated/α-hetero) is 1. The predicted octanol–water partition coefficient (Wildman–Crippen LogP) is 7.38.